The van der Waals surface area contributed by atoms with Crippen LogP contribution in [0.5, 0.6) is 0 Å². The van der Waals surface area contributed by atoms with Gasteiger partial charge in [0.15, 0.2) is 0 Å². The van der Waals surface area contributed by atoms with Gasteiger partial charge < -0.3 is 20.1 Å². The number of nitrogens with zero attached hydrogens (tertiary/aromatic N) is 1. The molecule has 4 rings (SSSR count). The van der Waals surface area contributed by atoms with E-state index in [4.69, 9.17) is 9.84 Å². The highest BCUT2D eigenvalue weighted by Crippen LogP contribution is 2.44. The van der Waals surface area contributed by atoms with Crippen LogP contribution < -0.4 is 5.32 Å². The first-order valence-electron chi connectivity index (χ1n) is 10.8. The minimum Gasteiger partial charge on any atom is -0.481 e. The van der Waals surface area contributed by atoms with Crippen LogP contribution in [0.15, 0.2) is 48.5 Å². The van der Waals surface area contributed by atoms with Crippen LogP contribution in [0.3, 0.4) is 0 Å². The molecule has 2 aromatic rings. The van der Waals surface area contributed by atoms with Gasteiger partial charge in [-0.1, -0.05) is 48.5 Å². The molecule has 34 heavy (non-hydrogen) atoms. The van der Waals surface area contributed by atoms with Gasteiger partial charge >= 0.3 is 18.2 Å². The number of alkyl carbamates (subject to hydrolysis) is 1. The van der Waals surface area contributed by atoms with E-state index in [1.54, 1.807) is 0 Å². The predicted octanol–water partition coefficient (Wildman–Crippen LogP) is 3.92. The molecular formula is C24H23F3N2O5. The zero-order valence-electron chi connectivity index (χ0n) is 18.0. The Kier molecular flexibility index (Phi) is 6.49. The van der Waals surface area contributed by atoms with Crippen LogP contribution in [-0.2, 0) is 14.3 Å². The Balaban J connectivity index is 1.45. The molecule has 180 valence electrons. The second-order valence-corrected chi connectivity index (χ2v) is 8.43. The fraction of sp³-hybridized carbons (Fsp3) is 0.375. The average molecular weight is 476 g/mol. The first kappa shape index (κ1) is 23.6. The maximum Gasteiger partial charge on any atom is 0.407 e. The van der Waals surface area contributed by atoms with E-state index in [0.29, 0.717) is 17.7 Å². The summed E-state index contributed by atoms with van der Waals surface area (Å²) in [5.74, 6) is -2.78. The number of carbonyl (C=O) groups excluding carboxylic acids is 2. The van der Waals surface area contributed by atoms with Crippen molar-refractivity contribution in [3.63, 3.8) is 0 Å². The van der Waals surface area contributed by atoms with Gasteiger partial charge in [-0.25, -0.2) is 4.79 Å². The summed E-state index contributed by atoms with van der Waals surface area (Å²) in [6, 6.07) is 13.0. The summed E-state index contributed by atoms with van der Waals surface area (Å²) in [6.07, 6.45) is -5.77. The Morgan fingerprint density at radius 3 is 2.09 bits per heavy atom. The van der Waals surface area contributed by atoms with E-state index >= 15 is 0 Å². The van der Waals surface area contributed by atoms with Gasteiger partial charge in [0.25, 0.3) is 0 Å². The van der Waals surface area contributed by atoms with E-state index in [1.807, 2.05) is 48.5 Å². The molecule has 0 aliphatic heterocycles. The largest absolute Gasteiger partial charge is 0.481 e. The van der Waals surface area contributed by atoms with Crippen molar-refractivity contribution in [2.24, 2.45) is 0 Å². The number of nitrogens with one attached hydrogen (secondary N) is 1. The third-order valence-corrected chi connectivity index (χ3v) is 5.93. The summed E-state index contributed by atoms with van der Waals surface area (Å²) in [4.78, 5) is 37.1. The van der Waals surface area contributed by atoms with E-state index in [9.17, 15) is 27.6 Å². The van der Waals surface area contributed by atoms with Gasteiger partial charge in [0.2, 0.25) is 5.91 Å². The highest BCUT2D eigenvalue weighted by Gasteiger charge is 2.43. The van der Waals surface area contributed by atoms with Crippen LogP contribution in [0, 0.1) is 0 Å². The van der Waals surface area contributed by atoms with Crippen LogP contribution in [0.1, 0.15) is 36.3 Å². The van der Waals surface area contributed by atoms with Crippen LogP contribution in [0.2, 0.25) is 0 Å². The monoisotopic (exact) mass is 476 g/mol. The lowest BCUT2D eigenvalue weighted by Crippen LogP contribution is -2.52. The SMILES string of the molecule is O=C(O)CC(NC(=O)OCC1c2ccccc2-c2ccccc21)C(=O)N(CC(F)(F)F)C1CC1. The normalized spacial score (nSPS) is 15.7. The molecule has 0 bridgehead atoms. The van der Waals surface area contributed by atoms with Crippen molar-refractivity contribution in [1.82, 2.24) is 10.2 Å². The van der Waals surface area contributed by atoms with Crippen molar-refractivity contribution in [1.29, 1.82) is 0 Å². The molecule has 0 radical (unpaired) electrons. The Morgan fingerprint density at radius 1 is 1.03 bits per heavy atom. The zero-order valence-corrected chi connectivity index (χ0v) is 18.0. The molecule has 0 heterocycles. The van der Waals surface area contributed by atoms with E-state index in [-0.39, 0.29) is 12.5 Å². The number of hydrogen-bond donors (Lipinski definition) is 2. The van der Waals surface area contributed by atoms with Crippen molar-refractivity contribution in [3.05, 3.63) is 59.7 Å². The quantitative estimate of drug-likeness (QED) is 0.602. The lowest BCUT2D eigenvalue weighted by molar-refractivity contribution is -0.164. The highest BCUT2D eigenvalue weighted by molar-refractivity contribution is 5.89. The summed E-state index contributed by atoms with van der Waals surface area (Å²) < 4.78 is 44.2. The van der Waals surface area contributed by atoms with Gasteiger partial charge in [-0.3, -0.25) is 9.59 Å². The number of carboxylic acid groups (broad SMARTS) is 1. The molecule has 7 nitrogen and oxygen atoms in total. The number of amides is 2. The summed E-state index contributed by atoms with van der Waals surface area (Å²) in [6.45, 7) is -1.58. The van der Waals surface area contributed by atoms with Crippen LogP contribution in [0.25, 0.3) is 11.1 Å². The van der Waals surface area contributed by atoms with Gasteiger partial charge in [0, 0.05) is 12.0 Å². The first-order chi connectivity index (χ1) is 16.1. The molecule has 1 saturated carbocycles. The Bertz CT molecular complexity index is 1050. The first-order valence-corrected chi connectivity index (χ1v) is 10.8. The number of carbonyl (C=O) groups is 3. The molecular weight excluding hydrogens is 453 g/mol. The Morgan fingerprint density at radius 2 is 1.59 bits per heavy atom. The van der Waals surface area contributed by atoms with E-state index in [2.05, 4.69) is 5.32 Å². The van der Waals surface area contributed by atoms with Crippen molar-refractivity contribution in [2.75, 3.05) is 13.2 Å². The summed E-state index contributed by atoms with van der Waals surface area (Å²) >= 11 is 0. The second kappa shape index (κ2) is 9.36. The maximum absolute atomic E-state index is 13.0. The van der Waals surface area contributed by atoms with Crippen LogP contribution in [-0.4, -0.2) is 59.4 Å². The van der Waals surface area contributed by atoms with E-state index < -0.39 is 49.2 Å². The highest BCUT2D eigenvalue weighted by atomic mass is 19.4. The number of benzene rings is 2. The van der Waals surface area contributed by atoms with Gasteiger partial charge in [0.05, 0.1) is 6.42 Å². The molecule has 10 heteroatoms. The summed E-state index contributed by atoms with van der Waals surface area (Å²) in [5, 5.41) is 11.3. The van der Waals surface area contributed by atoms with Crippen molar-refractivity contribution >= 4 is 18.0 Å². The lowest BCUT2D eigenvalue weighted by atomic mass is 9.98. The number of alkyl halides is 3. The van der Waals surface area contributed by atoms with Gasteiger partial charge in [-0.2, -0.15) is 13.2 Å². The molecule has 1 fully saturated rings. The molecule has 0 aromatic heterocycles. The number of carboxylic acids is 1. The molecule has 0 saturated heterocycles. The lowest BCUT2D eigenvalue weighted by Gasteiger charge is -2.28. The molecule has 2 N–H and O–H groups in total. The fourth-order valence-corrected chi connectivity index (χ4v) is 4.32. The molecule has 1 unspecified atom stereocenters. The number of fused-ring (bicyclic) bond motifs is 3. The predicted molar refractivity (Wildman–Crippen MR) is 115 cm³/mol. The molecule has 2 aliphatic carbocycles. The second-order valence-electron chi connectivity index (χ2n) is 8.43. The molecule has 0 spiro atoms. The van der Waals surface area contributed by atoms with Gasteiger partial charge in [-0.15, -0.1) is 0 Å². The van der Waals surface area contributed by atoms with Crippen LogP contribution >= 0.6 is 0 Å². The fourth-order valence-electron chi connectivity index (χ4n) is 4.32. The summed E-state index contributed by atoms with van der Waals surface area (Å²) in [5.41, 5.74) is 3.94. The standard InChI is InChI=1S/C24H23F3N2O5/c25-24(26,27)13-29(14-9-10-14)22(32)20(11-21(30)31)28-23(33)34-12-19-17-7-3-1-5-15(17)16-6-2-4-8-18(16)19/h1-8,14,19-20H,9-13H2,(H,28,33)(H,30,31). The zero-order chi connectivity index (χ0) is 24.5. The number of ether oxygens (including phenoxy) is 1. The van der Waals surface area contributed by atoms with E-state index in [0.717, 1.165) is 22.3 Å². The number of rotatable bonds is 8. The Labute approximate surface area is 193 Å². The molecule has 1 atom stereocenters. The van der Waals surface area contributed by atoms with Crippen molar-refractivity contribution < 1.29 is 37.4 Å². The number of hydrogen-bond acceptors (Lipinski definition) is 4. The van der Waals surface area contributed by atoms with E-state index in [1.165, 1.54) is 0 Å². The Hall–Kier alpha value is -3.56. The molecule has 2 amide bonds. The summed E-state index contributed by atoms with van der Waals surface area (Å²) in [7, 11) is 0. The molecule has 2 aliphatic rings. The van der Waals surface area contributed by atoms with Gasteiger partial charge in [0.1, 0.15) is 19.2 Å². The molecule has 2 aromatic carbocycles. The van der Waals surface area contributed by atoms with Crippen molar-refractivity contribution in [3.8, 4) is 11.1 Å². The minimum absolute atomic E-state index is 0.0806. The third-order valence-electron chi connectivity index (χ3n) is 5.93. The van der Waals surface area contributed by atoms with Crippen molar-refractivity contribution in [2.45, 2.75) is 43.4 Å². The minimum atomic E-state index is -4.64. The maximum atomic E-state index is 13.0. The third kappa shape index (κ3) is 5.32. The van der Waals surface area contributed by atoms with Gasteiger partial charge in [-0.05, 0) is 35.1 Å². The smallest absolute Gasteiger partial charge is 0.407 e. The number of halogens is 3. The topological polar surface area (TPSA) is 95.9 Å². The number of aliphatic carboxylic acids is 1. The average Bonchev–Trinajstić information content (AvgIpc) is 3.57. The van der Waals surface area contributed by atoms with Crippen LogP contribution in [0.4, 0.5) is 18.0 Å².